The molecule has 0 atom stereocenters. The molecule has 0 saturated heterocycles. The lowest BCUT2D eigenvalue weighted by atomic mass is 10.1. The van der Waals surface area contributed by atoms with E-state index >= 15 is 0 Å². The number of benzene rings is 2. The van der Waals surface area contributed by atoms with Crippen molar-refractivity contribution in [3.05, 3.63) is 81.0 Å². The van der Waals surface area contributed by atoms with Crippen LogP contribution < -0.4 is 0 Å². The van der Waals surface area contributed by atoms with Crippen molar-refractivity contribution in [3.8, 4) is 10.4 Å². The maximum atomic E-state index is 12.8. The molecule has 0 radical (unpaired) electrons. The number of sulfone groups is 1. The van der Waals surface area contributed by atoms with Gasteiger partial charge in [-0.1, -0.05) is 47.6 Å². The molecule has 28 heavy (non-hydrogen) atoms. The van der Waals surface area contributed by atoms with E-state index in [0.29, 0.717) is 21.7 Å². The van der Waals surface area contributed by atoms with Crippen LogP contribution in [0.25, 0.3) is 20.9 Å². The standard InChI is InChI=1S/C19H15N3O4S2/c1-12-4-2-3-5-17(12)28(25,26)11-14-10-16(27-18(14)19(23)24)13-6-8-15(9-7-13)21-22-20/h2-10H,11H2,1H3,(H,23,24). The SMILES string of the molecule is Cc1ccccc1S(=O)(=O)Cc1cc(-c2ccc(N=[N+]=[N-])cc2)sc1C(=O)O. The molecule has 3 aromatic rings. The second-order valence-corrected chi connectivity index (χ2v) is 9.04. The molecule has 0 aliphatic carbocycles. The summed E-state index contributed by atoms with van der Waals surface area (Å²) in [6.45, 7) is 1.70. The van der Waals surface area contributed by atoms with Crippen molar-refractivity contribution in [1.29, 1.82) is 0 Å². The average molecular weight is 413 g/mol. The van der Waals surface area contributed by atoms with Crippen molar-refractivity contribution in [2.45, 2.75) is 17.6 Å². The first kappa shape index (κ1) is 19.6. The smallest absolute Gasteiger partial charge is 0.346 e. The Bertz CT molecular complexity index is 1190. The van der Waals surface area contributed by atoms with E-state index in [0.717, 1.165) is 11.3 Å². The summed E-state index contributed by atoms with van der Waals surface area (Å²) in [5, 5.41) is 13.0. The number of carboxylic acid groups (broad SMARTS) is 1. The number of hydrogen-bond acceptors (Lipinski definition) is 5. The molecule has 0 fully saturated rings. The van der Waals surface area contributed by atoms with Gasteiger partial charge in [-0.3, -0.25) is 0 Å². The van der Waals surface area contributed by atoms with Gasteiger partial charge in [0, 0.05) is 15.5 Å². The van der Waals surface area contributed by atoms with Crippen LogP contribution in [0.3, 0.4) is 0 Å². The molecule has 3 rings (SSSR count). The Balaban J connectivity index is 2.01. The molecule has 0 amide bonds. The van der Waals surface area contributed by atoms with Gasteiger partial charge in [-0.15, -0.1) is 11.3 Å². The molecule has 0 unspecified atom stereocenters. The van der Waals surface area contributed by atoms with Crippen molar-refractivity contribution in [2.75, 3.05) is 0 Å². The number of rotatable bonds is 6. The lowest BCUT2D eigenvalue weighted by molar-refractivity contribution is 0.0701. The van der Waals surface area contributed by atoms with Crippen molar-refractivity contribution < 1.29 is 18.3 Å². The van der Waals surface area contributed by atoms with Crippen molar-refractivity contribution in [1.82, 2.24) is 0 Å². The monoisotopic (exact) mass is 413 g/mol. The summed E-state index contributed by atoms with van der Waals surface area (Å²) < 4.78 is 25.6. The minimum Gasteiger partial charge on any atom is -0.477 e. The van der Waals surface area contributed by atoms with Gasteiger partial charge in [-0.25, -0.2) is 13.2 Å². The Morgan fingerprint density at radius 3 is 2.46 bits per heavy atom. The van der Waals surface area contributed by atoms with Crippen LogP contribution in [0.4, 0.5) is 5.69 Å². The summed E-state index contributed by atoms with van der Waals surface area (Å²) in [6.07, 6.45) is 0. The van der Waals surface area contributed by atoms with E-state index in [4.69, 9.17) is 5.53 Å². The highest BCUT2D eigenvalue weighted by Crippen LogP contribution is 2.34. The number of azide groups is 1. The summed E-state index contributed by atoms with van der Waals surface area (Å²) in [6, 6.07) is 14.8. The Morgan fingerprint density at radius 1 is 1.18 bits per heavy atom. The van der Waals surface area contributed by atoms with Crippen LogP contribution in [0.15, 0.2) is 64.6 Å². The number of thiophene rings is 1. The lowest BCUT2D eigenvalue weighted by Gasteiger charge is -2.07. The third kappa shape index (κ3) is 4.07. The lowest BCUT2D eigenvalue weighted by Crippen LogP contribution is -2.08. The van der Waals surface area contributed by atoms with E-state index in [1.54, 1.807) is 55.5 Å². The minimum atomic E-state index is -3.69. The maximum absolute atomic E-state index is 12.8. The molecule has 0 aliphatic rings. The van der Waals surface area contributed by atoms with Crippen LogP contribution in [0, 0.1) is 6.92 Å². The molecule has 1 heterocycles. The van der Waals surface area contributed by atoms with E-state index < -0.39 is 21.6 Å². The van der Waals surface area contributed by atoms with Gasteiger partial charge in [-0.2, -0.15) is 0 Å². The van der Waals surface area contributed by atoms with E-state index in [2.05, 4.69) is 10.0 Å². The summed E-state index contributed by atoms with van der Waals surface area (Å²) in [7, 11) is -3.69. The molecular weight excluding hydrogens is 398 g/mol. The van der Waals surface area contributed by atoms with Gasteiger partial charge in [0.15, 0.2) is 9.84 Å². The summed E-state index contributed by atoms with van der Waals surface area (Å²) >= 11 is 1.01. The number of aromatic carboxylic acids is 1. The first-order valence-electron chi connectivity index (χ1n) is 8.12. The first-order chi connectivity index (χ1) is 13.3. The van der Waals surface area contributed by atoms with Gasteiger partial charge in [0.05, 0.1) is 10.6 Å². The third-order valence-electron chi connectivity index (χ3n) is 4.09. The number of nitrogens with zero attached hydrogens (tertiary/aromatic N) is 3. The molecule has 1 N–H and O–H groups in total. The van der Waals surface area contributed by atoms with Crippen LogP contribution in [0.1, 0.15) is 20.8 Å². The van der Waals surface area contributed by atoms with Gasteiger partial charge in [0.2, 0.25) is 0 Å². The normalized spacial score (nSPS) is 11.0. The zero-order valence-corrected chi connectivity index (χ0v) is 16.4. The summed E-state index contributed by atoms with van der Waals surface area (Å²) in [5.41, 5.74) is 10.5. The molecule has 0 bridgehead atoms. The molecule has 7 nitrogen and oxygen atoms in total. The van der Waals surface area contributed by atoms with Crippen molar-refractivity contribution in [3.63, 3.8) is 0 Å². The fourth-order valence-corrected chi connectivity index (χ4v) is 5.54. The molecule has 1 aromatic heterocycles. The van der Waals surface area contributed by atoms with Crippen LogP contribution in [0.5, 0.6) is 0 Å². The second-order valence-electron chi connectivity index (χ2n) is 6.03. The second kappa shape index (κ2) is 7.85. The fraction of sp³-hybridized carbons (Fsp3) is 0.105. The van der Waals surface area contributed by atoms with Gasteiger partial charge in [-0.05, 0) is 41.3 Å². The van der Waals surface area contributed by atoms with Crippen LogP contribution in [-0.2, 0) is 15.6 Å². The molecule has 142 valence electrons. The Morgan fingerprint density at radius 2 is 1.86 bits per heavy atom. The largest absolute Gasteiger partial charge is 0.477 e. The van der Waals surface area contributed by atoms with Crippen LogP contribution in [0.2, 0.25) is 0 Å². The molecule has 9 heteroatoms. The summed E-state index contributed by atoms with van der Waals surface area (Å²) in [4.78, 5) is 15.2. The Kier molecular flexibility index (Phi) is 5.51. The minimum absolute atomic E-state index is 0.00807. The molecule has 0 saturated carbocycles. The highest BCUT2D eigenvalue weighted by Gasteiger charge is 2.24. The number of carbonyl (C=O) groups is 1. The van der Waals surface area contributed by atoms with Crippen molar-refractivity contribution in [2.24, 2.45) is 5.11 Å². The predicted molar refractivity (Wildman–Crippen MR) is 108 cm³/mol. The molecular formula is C19H15N3O4S2. The van der Waals surface area contributed by atoms with Gasteiger partial charge in [0.25, 0.3) is 0 Å². The highest BCUT2D eigenvalue weighted by atomic mass is 32.2. The summed E-state index contributed by atoms with van der Waals surface area (Å²) in [5.74, 6) is -1.57. The molecule has 0 spiro atoms. The third-order valence-corrected chi connectivity index (χ3v) is 7.12. The number of aryl methyl sites for hydroxylation is 1. The maximum Gasteiger partial charge on any atom is 0.346 e. The Hall–Kier alpha value is -3.13. The Labute approximate surface area is 165 Å². The zero-order valence-electron chi connectivity index (χ0n) is 14.7. The van der Waals surface area contributed by atoms with E-state index in [1.165, 1.54) is 6.07 Å². The number of carboxylic acids is 1. The predicted octanol–water partition coefficient (Wildman–Crippen LogP) is 5.34. The van der Waals surface area contributed by atoms with Crippen LogP contribution >= 0.6 is 11.3 Å². The topological polar surface area (TPSA) is 120 Å². The van der Waals surface area contributed by atoms with Gasteiger partial charge >= 0.3 is 5.97 Å². The van der Waals surface area contributed by atoms with E-state index in [9.17, 15) is 18.3 Å². The van der Waals surface area contributed by atoms with Gasteiger partial charge in [0.1, 0.15) is 4.88 Å². The van der Waals surface area contributed by atoms with E-state index in [1.807, 2.05) is 0 Å². The van der Waals surface area contributed by atoms with Gasteiger partial charge < -0.3 is 5.11 Å². The van der Waals surface area contributed by atoms with Crippen molar-refractivity contribution >= 4 is 32.8 Å². The quantitative estimate of drug-likeness (QED) is 0.333. The zero-order chi connectivity index (χ0) is 20.3. The molecule has 0 aliphatic heterocycles. The van der Waals surface area contributed by atoms with Crippen LogP contribution in [-0.4, -0.2) is 19.5 Å². The average Bonchev–Trinajstić information content (AvgIpc) is 3.06. The number of hydrogen-bond donors (Lipinski definition) is 1. The molecule has 2 aromatic carbocycles. The first-order valence-corrected chi connectivity index (χ1v) is 10.6. The fourth-order valence-electron chi connectivity index (χ4n) is 2.79. The van der Waals surface area contributed by atoms with E-state index in [-0.39, 0.29) is 15.3 Å². The highest BCUT2D eigenvalue weighted by molar-refractivity contribution is 7.90.